The summed E-state index contributed by atoms with van der Waals surface area (Å²) in [6, 6.07) is 11.5. The summed E-state index contributed by atoms with van der Waals surface area (Å²) in [5.41, 5.74) is 2.64. The number of aryl methyl sites for hydroxylation is 2. The van der Waals surface area contributed by atoms with Gasteiger partial charge in [-0.3, -0.25) is 0 Å². The first kappa shape index (κ1) is 17.1. The Kier molecular flexibility index (Phi) is 4.96. The highest BCUT2D eigenvalue weighted by molar-refractivity contribution is 5.53. The van der Waals surface area contributed by atoms with Crippen LogP contribution < -0.4 is 15.1 Å². The van der Waals surface area contributed by atoms with Gasteiger partial charge in [0.25, 0.3) is 0 Å². The molecule has 0 spiro atoms. The van der Waals surface area contributed by atoms with E-state index in [2.05, 4.69) is 57.4 Å². The molecular formula is C21H29N5. The minimum atomic E-state index is 0.579. The number of aromatic nitrogens is 2. The molecule has 0 unspecified atom stereocenters. The molecule has 0 amide bonds. The highest BCUT2D eigenvalue weighted by atomic mass is 15.3. The molecular weight excluding hydrogens is 322 g/mol. The first-order valence-corrected chi connectivity index (χ1v) is 9.86. The van der Waals surface area contributed by atoms with Gasteiger partial charge in [-0.2, -0.15) is 0 Å². The molecule has 1 aliphatic carbocycles. The minimum absolute atomic E-state index is 0.579. The number of nitrogens with one attached hydrogen (secondary N) is 1. The number of piperazine rings is 1. The predicted molar refractivity (Wildman–Crippen MR) is 108 cm³/mol. The van der Waals surface area contributed by atoms with Crippen molar-refractivity contribution in [1.29, 1.82) is 0 Å². The molecule has 138 valence electrons. The molecule has 26 heavy (non-hydrogen) atoms. The van der Waals surface area contributed by atoms with Crippen LogP contribution in [0.4, 0.5) is 17.3 Å². The number of rotatable bonds is 4. The predicted octanol–water partition coefficient (Wildman–Crippen LogP) is 3.77. The van der Waals surface area contributed by atoms with E-state index in [9.17, 15) is 0 Å². The lowest BCUT2D eigenvalue weighted by Gasteiger charge is -2.37. The van der Waals surface area contributed by atoms with E-state index < -0.39 is 0 Å². The summed E-state index contributed by atoms with van der Waals surface area (Å²) in [5, 5.41) is 3.61. The maximum atomic E-state index is 4.70. The number of hydrogen-bond donors (Lipinski definition) is 1. The fourth-order valence-corrected chi connectivity index (χ4v) is 4.09. The third-order valence-corrected chi connectivity index (χ3v) is 5.50. The van der Waals surface area contributed by atoms with E-state index in [1.54, 1.807) is 0 Å². The fraction of sp³-hybridized carbons (Fsp3) is 0.524. The average Bonchev–Trinajstić information content (AvgIpc) is 3.14. The molecule has 2 aromatic rings. The van der Waals surface area contributed by atoms with Crippen molar-refractivity contribution in [3.05, 3.63) is 41.7 Å². The van der Waals surface area contributed by atoms with Crippen LogP contribution in [0.15, 0.2) is 30.3 Å². The van der Waals surface area contributed by atoms with Gasteiger partial charge < -0.3 is 15.1 Å². The smallest absolute Gasteiger partial charge is 0.134 e. The monoisotopic (exact) mass is 351 g/mol. The summed E-state index contributed by atoms with van der Waals surface area (Å²) in [4.78, 5) is 14.2. The second-order valence-corrected chi connectivity index (χ2v) is 7.60. The van der Waals surface area contributed by atoms with E-state index in [1.807, 2.05) is 6.92 Å². The summed E-state index contributed by atoms with van der Waals surface area (Å²) in [5.74, 6) is 2.89. The van der Waals surface area contributed by atoms with Crippen molar-refractivity contribution in [2.24, 2.45) is 0 Å². The highest BCUT2D eigenvalue weighted by Gasteiger charge is 2.20. The summed E-state index contributed by atoms with van der Waals surface area (Å²) < 4.78 is 0. The Hall–Kier alpha value is -2.30. The van der Waals surface area contributed by atoms with Crippen molar-refractivity contribution in [2.45, 2.75) is 45.6 Å². The molecule has 1 saturated heterocycles. The molecule has 0 atom stereocenters. The second-order valence-electron chi connectivity index (χ2n) is 7.60. The lowest BCUT2D eigenvalue weighted by Crippen LogP contribution is -2.47. The van der Waals surface area contributed by atoms with E-state index in [-0.39, 0.29) is 0 Å². The van der Waals surface area contributed by atoms with Gasteiger partial charge in [-0.25, -0.2) is 9.97 Å². The SMILES string of the molecule is Cc1cccc(N2CCN(c3cc(NC4CCCC4)nc(C)n3)CC2)c1. The van der Waals surface area contributed by atoms with Crippen LogP contribution >= 0.6 is 0 Å². The zero-order valence-electron chi connectivity index (χ0n) is 15.9. The first-order valence-electron chi connectivity index (χ1n) is 9.86. The van der Waals surface area contributed by atoms with Gasteiger partial charge in [0.2, 0.25) is 0 Å². The molecule has 0 radical (unpaired) electrons. The highest BCUT2D eigenvalue weighted by Crippen LogP contribution is 2.25. The van der Waals surface area contributed by atoms with Crippen LogP contribution in [-0.4, -0.2) is 42.2 Å². The molecule has 2 fully saturated rings. The molecule has 2 heterocycles. The van der Waals surface area contributed by atoms with Crippen molar-refractivity contribution in [1.82, 2.24) is 9.97 Å². The van der Waals surface area contributed by atoms with Crippen LogP contribution in [0.2, 0.25) is 0 Å². The quantitative estimate of drug-likeness (QED) is 0.908. The molecule has 1 aromatic heterocycles. The van der Waals surface area contributed by atoms with Crippen LogP contribution in [0.3, 0.4) is 0 Å². The Labute approximate surface area is 156 Å². The van der Waals surface area contributed by atoms with Crippen LogP contribution in [0.25, 0.3) is 0 Å². The Bertz CT molecular complexity index is 746. The molecule has 1 aromatic carbocycles. The van der Waals surface area contributed by atoms with Crippen LogP contribution in [0, 0.1) is 13.8 Å². The van der Waals surface area contributed by atoms with Crippen LogP contribution in [0.1, 0.15) is 37.1 Å². The van der Waals surface area contributed by atoms with Crippen LogP contribution in [-0.2, 0) is 0 Å². The summed E-state index contributed by atoms with van der Waals surface area (Å²) in [6.45, 7) is 8.19. The van der Waals surface area contributed by atoms with Gasteiger partial charge in [0, 0.05) is 44.0 Å². The molecule has 1 N–H and O–H groups in total. The Morgan fingerprint density at radius 3 is 2.38 bits per heavy atom. The van der Waals surface area contributed by atoms with E-state index in [1.165, 1.54) is 36.9 Å². The van der Waals surface area contributed by atoms with Crippen molar-refractivity contribution in [2.75, 3.05) is 41.3 Å². The third-order valence-electron chi connectivity index (χ3n) is 5.50. The van der Waals surface area contributed by atoms with E-state index in [4.69, 9.17) is 4.98 Å². The van der Waals surface area contributed by atoms with Crippen molar-refractivity contribution in [3.63, 3.8) is 0 Å². The van der Waals surface area contributed by atoms with Crippen LogP contribution in [0.5, 0.6) is 0 Å². The zero-order valence-corrected chi connectivity index (χ0v) is 15.9. The Morgan fingerprint density at radius 1 is 0.923 bits per heavy atom. The molecule has 1 saturated carbocycles. The van der Waals surface area contributed by atoms with E-state index in [0.29, 0.717) is 6.04 Å². The van der Waals surface area contributed by atoms with E-state index in [0.717, 1.165) is 43.6 Å². The average molecular weight is 351 g/mol. The van der Waals surface area contributed by atoms with Crippen molar-refractivity contribution >= 4 is 17.3 Å². The largest absolute Gasteiger partial charge is 0.368 e. The van der Waals surface area contributed by atoms with Gasteiger partial charge in [-0.1, -0.05) is 25.0 Å². The molecule has 1 aliphatic heterocycles. The van der Waals surface area contributed by atoms with Gasteiger partial charge in [0.15, 0.2) is 0 Å². The summed E-state index contributed by atoms with van der Waals surface area (Å²) in [7, 11) is 0. The molecule has 5 nitrogen and oxygen atoms in total. The van der Waals surface area contributed by atoms with Gasteiger partial charge in [0.1, 0.15) is 17.5 Å². The van der Waals surface area contributed by atoms with E-state index >= 15 is 0 Å². The molecule has 0 bridgehead atoms. The molecule has 5 heteroatoms. The topological polar surface area (TPSA) is 44.3 Å². The van der Waals surface area contributed by atoms with Crippen molar-refractivity contribution < 1.29 is 0 Å². The lowest BCUT2D eigenvalue weighted by molar-refractivity contribution is 0.645. The number of nitrogens with zero attached hydrogens (tertiary/aromatic N) is 4. The van der Waals surface area contributed by atoms with Gasteiger partial charge in [-0.05, 0) is 44.4 Å². The summed E-state index contributed by atoms with van der Waals surface area (Å²) >= 11 is 0. The number of anilines is 3. The van der Waals surface area contributed by atoms with Gasteiger partial charge in [0.05, 0.1) is 0 Å². The molecule has 2 aliphatic rings. The fourth-order valence-electron chi connectivity index (χ4n) is 4.09. The minimum Gasteiger partial charge on any atom is -0.368 e. The van der Waals surface area contributed by atoms with Gasteiger partial charge in [-0.15, -0.1) is 0 Å². The normalized spacial score (nSPS) is 18.4. The van der Waals surface area contributed by atoms with Crippen molar-refractivity contribution in [3.8, 4) is 0 Å². The second kappa shape index (κ2) is 7.52. The standard InChI is InChI=1S/C21H29N5/c1-16-6-5-9-19(14-16)25-10-12-26(13-11-25)21-15-20(22-17(2)23-21)24-18-7-3-4-8-18/h5-6,9,14-15,18H,3-4,7-8,10-13H2,1-2H3,(H,22,23,24). The Balaban J connectivity index is 1.43. The maximum Gasteiger partial charge on any atom is 0.134 e. The van der Waals surface area contributed by atoms with Gasteiger partial charge >= 0.3 is 0 Å². The lowest BCUT2D eigenvalue weighted by atomic mass is 10.2. The summed E-state index contributed by atoms with van der Waals surface area (Å²) in [6.07, 6.45) is 5.17. The third kappa shape index (κ3) is 3.92. The number of benzene rings is 1. The maximum absolute atomic E-state index is 4.70. The number of hydrogen-bond acceptors (Lipinski definition) is 5. The Morgan fingerprint density at radius 2 is 1.65 bits per heavy atom. The molecule has 4 rings (SSSR count). The first-order chi connectivity index (χ1) is 12.7. The zero-order chi connectivity index (χ0) is 17.9.